The Bertz CT molecular complexity index is 317. The summed E-state index contributed by atoms with van der Waals surface area (Å²) >= 11 is 0. The molecule has 0 aliphatic heterocycles. The zero-order chi connectivity index (χ0) is 11.4. The first-order valence-corrected chi connectivity index (χ1v) is 6.31. The van der Waals surface area contributed by atoms with Crippen LogP contribution < -0.4 is 5.73 Å². The van der Waals surface area contributed by atoms with Gasteiger partial charge in [0.1, 0.15) is 5.76 Å². The first-order valence-electron chi connectivity index (χ1n) is 6.31. The lowest BCUT2D eigenvalue weighted by atomic mass is 9.85. The van der Waals surface area contributed by atoms with Crippen molar-refractivity contribution in [1.82, 2.24) is 4.90 Å². The average Bonchev–Trinajstić information content (AvgIpc) is 2.68. The molecule has 16 heavy (non-hydrogen) atoms. The van der Waals surface area contributed by atoms with E-state index in [1.165, 1.54) is 25.8 Å². The van der Waals surface area contributed by atoms with Crippen LogP contribution in [0.3, 0.4) is 0 Å². The Balaban J connectivity index is 1.89. The summed E-state index contributed by atoms with van der Waals surface area (Å²) < 4.78 is 5.50. The van der Waals surface area contributed by atoms with Crippen LogP contribution in [0.4, 0.5) is 0 Å². The lowest BCUT2D eigenvalue weighted by molar-refractivity contribution is 0.168. The minimum absolute atomic E-state index is 0.576. The van der Waals surface area contributed by atoms with Gasteiger partial charge in [-0.05, 0) is 31.4 Å². The third-order valence-electron chi connectivity index (χ3n) is 3.61. The van der Waals surface area contributed by atoms with E-state index in [0.717, 1.165) is 30.3 Å². The highest BCUT2D eigenvalue weighted by molar-refractivity contribution is 5.16. The Hall–Kier alpha value is -0.800. The number of rotatable bonds is 6. The van der Waals surface area contributed by atoms with E-state index >= 15 is 0 Å². The van der Waals surface area contributed by atoms with E-state index in [9.17, 15) is 0 Å². The molecule has 0 atom stereocenters. The van der Waals surface area contributed by atoms with Crippen LogP contribution in [-0.4, -0.2) is 18.0 Å². The minimum Gasteiger partial charge on any atom is -0.468 e. The van der Waals surface area contributed by atoms with Crippen molar-refractivity contribution < 1.29 is 4.42 Å². The van der Waals surface area contributed by atoms with Crippen LogP contribution in [0.5, 0.6) is 0 Å². The first-order chi connectivity index (χ1) is 7.83. The molecule has 1 heterocycles. The number of hydrogen-bond donors (Lipinski definition) is 1. The number of furan rings is 1. The molecule has 3 nitrogen and oxygen atoms in total. The molecule has 0 aromatic carbocycles. The van der Waals surface area contributed by atoms with Crippen LogP contribution in [0.25, 0.3) is 0 Å². The maximum atomic E-state index is 5.67. The minimum atomic E-state index is 0.576. The second-order valence-electron chi connectivity index (χ2n) is 4.70. The van der Waals surface area contributed by atoms with Crippen LogP contribution in [0.2, 0.25) is 0 Å². The Morgan fingerprint density at radius 1 is 1.50 bits per heavy atom. The van der Waals surface area contributed by atoms with Gasteiger partial charge in [0.05, 0.1) is 12.8 Å². The van der Waals surface area contributed by atoms with Crippen LogP contribution in [0.1, 0.15) is 37.5 Å². The Kier molecular flexibility index (Phi) is 4.02. The summed E-state index contributed by atoms with van der Waals surface area (Å²) in [7, 11) is 0. The highest BCUT2D eigenvalue weighted by Crippen LogP contribution is 2.27. The van der Waals surface area contributed by atoms with Gasteiger partial charge in [0.25, 0.3) is 0 Å². The van der Waals surface area contributed by atoms with Crippen molar-refractivity contribution in [2.45, 2.75) is 39.3 Å². The lowest BCUT2D eigenvalue weighted by Crippen LogP contribution is -2.32. The standard InChI is InChI=1S/C13H22N2O/c1-2-15(9-11-4-3-5-11)10-13-12(8-14)6-7-16-13/h6-7,11H,2-5,8-10,14H2,1H3. The molecule has 1 aliphatic rings. The van der Waals surface area contributed by atoms with E-state index in [4.69, 9.17) is 10.2 Å². The zero-order valence-electron chi connectivity index (χ0n) is 10.1. The fourth-order valence-electron chi connectivity index (χ4n) is 2.24. The molecule has 0 amide bonds. The quantitative estimate of drug-likeness (QED) is 0.803. The predicted octanol–water partition coefficient (Wildman–Crippen LogP) is 2.36. The van der Waals surface area contributed by atoms with Crippen molar-refractivity contribution in [3.63, 3.8) is 0 Å². The Labute approximate surface area is 97.6 Å². The van der Waals surface area contributed by atoms with Gasteiger partial charge in [0.15, 0.2) is 0 Å². The highest BCUT2D eigenvalue weighted by Gasteiger charge is 2.21. The van der Waals surface area contributed by atoms with E-state index < -0.39 is 0 Å². The van der Waals surface area contributed by atoms with Crippen LogP contribution >= 0.6 is 0 Å². The van der Waals surface area contributed by atoms with Gasteiger partial charge in [0.2, 0.25) is 0 Å². The molecule has 3 heteroatoms. The van der Waals surface area contributed by atoms with Gasteiger partial charge in [-0.1, -0.05) is 13.3 Å². The molecule has 90 valence electrons. The molecule has 2 rings (SSSR count). The normalized spacial score (nSPS) is 16.7. The molecule has 1 fully saturated rings. The summed E-state index contributed by atoms with van der Waals surface area (Å²) in [4.78, 5) is 2.46. The summed E-state index contributed by atoms with van der Waals surface area (Å²) in [6.07, 6.45) is 5.96. The van der Waals surface area contributed by atoms with Crippen molar-refractivity contribution in [3.05, 3.63) is 23.7 Å². The van der Waals surface area contributed by atoms with Gasteiger partial charge in [-0.3, -0.25) is 4.90 Å². The molecule has 0 radical (unpaired) electrons. The highest BCUT2D eigenvalue weighted by atomic mass is 16.3. The maximum absolute atomic E-state index is 5.67. The van der Waals surface area contributed by atoms with Crippen molar-refractivity contribution in [2.75, 3.05) is 13.1 Å². The first kappa shape index (κ1) is 11.7. The van der Waals surface area contributed by atoms with Gasteiger partial charge >= 0.3 is 0 Å². The topological polar surface area (TPSA) is 42.4 Å². The van der Waals surface area contributed by atoms with Crippen molar-refractivity contribution in [2.24, 2.45) is 11.7 Å². The van der Waals surface area contributed by atoms with Crippen molar-refractivity contribution >= 4 is 0 Å². The van der Waals surface area contributed by atoms with Crippen molar-refractivity contribution in [1.29, 1.82) is 0 Å². The molecule has 0 bridgehead atoms. The SMILES string of the molecule is CCN(Cc1occc1CN)CC1CCC1. The van der Waals surface area contributed by atoms with Crippen molar-refractivity contribution in [3.8, 4) is 0 Å². The van der Waals surface area contributed by atoms with E-state index in [1.807, 2.05) is 6.07 Å². The van der Waals surface area contributed by atoms with Gasteiger partial charge in [-0.2, -0.15) is 0 Å². The van der Waals surface area contributed by atoms with Gasteiger partial charge < -0.3 is 10.2 Å². The molecule has 1 aromatic rings. The summed E-state index contributed by atoms with van der Waals surface area (Å²) in [5, 5.41) is 0. The average molecular weight is 222 g/mol. The monoisotopic (exact) mass is 222 g/mol. The summed E-state index contributed by atoms with van der Waals surface area (Å²) in [6, 6.07) is 1.98. The number of nitrogens with two attached hydrogens (primary N) is 1. The lowest BCUT2D eigenvalue weighted by Gasteiger charge is -2.31. The van der Waals surface area contributed by atoms with Crippen LogP contribution in [-0.2, 0) is 13.1 Å². The molecule has 1 saturated carbocycles. The Morgan fingerprint density at radius 2 is 2.31 bits per heavy atom. The van der Waals surface area contributed by atoms with Crippen LogP contribution in [0.15, 0.2) is 16.7 Å². The fraction of sp³-hybridized carbons (Fsp3) is 0.692. The summed E-state index contributed by atoms with van der Waals surface area (Å²) in [6.45, 7) is 5.99. The van der Waals surface area contributed by atoms with E-state index in [-0.39, 0.29) is 0 Å². The third kappa shape index (κ3) is 2.66. The zero-order valence-corrected chi connectivity index (χ0v) is 10.1. The fourth-order valence-corrected chi connectivity index (χ4v) is 2.24. The smallest absolute Gasteiger partial charge is 0.122 e. The molecule has 1 aromatic heterocycles. The molecule has 0 spiro atoms. The summed E-state index contributed by atoms with van der Waals surface area (Å²) in [5.74, 6) is 1.96. The molecule has 0 unspecified atom stereocenters. The molecule has 0 saturated heterocycles. The second kappa shape index (κ2) is 5.51. The Morgan fingerprint density at radius 3 is 2.88 bits per heavy atom. The predicted molar refractivity (Wildman–Crippen MR) is 64.9 cm³/mol. The van der Waals surface area contributed by atoms with Crippen LogP contribution in [0, 0.1) is 5.92 Å². The molecular formula is C13H22N2O. The maximum Gasteiger partial charge on any atom is 0.122 e. The van der Waals surface area contributed by atoms with E-state index in [1.54, 1.807) is 6.26 Å². The van der Waals surface area contributed by atoms with E-state index in [2.05, 4.69) is 11.8 Å². The number of nitrogens with zero attached hydrogens (tertiary/aromatic N) is 1. The van der Waals surface area contributed by atoms with E-state index in [0.29, 0.717) is 6.54 Å². The molecule has 2 N–H and O–H groups in total. The third-order valence-corrected chi connectivity index (χ3v) is 3.61. The van der Waals surface area contributed by atoms with Gasteiger partial charge in [0, 0.05) is 18.7 Å². The second-order valence-corrected chi connectivity index (χ2v) is 4.70. The van der Waals surface area contributed by atoms with Gasteiger partial charge in [-0.25, -0.2) is 0 Å². The van der Waals surface area contributed by atoms with Gasteiger partial charge in [-0.15, -0.1) is 0 Å². The number of hydrogen-bond acceptors (Lipinski definition) is 3. The summed E-state index contributed by atoms with van der Waals surface area (Å²) in [5.41, 5.74) is 6.82. The largest absolute Gasteiger partial charge is 0.468 e. The molecule has 1 aliphatic carbocycles. The molecular weight excluding hydrogens is 200 g/mol.